The lowest BCUT2D eigenvalue weighted by Gasteiger charge is -2.30. The molecule has 0 saturated heterocycles. The van der Waals surface area contributed by atoms with E-state index in [1.165, 1.54) is 0 Å². The smallest absolute Gasteiger partial charge is 0.237 e. The summed E-state index contributed by atoms with van der Waals surface area (Å²) in [6, 6.07) is 16.1. The molecule has 0 atom stereocenters. The van der Waals surface area contributed by atoms with Crippen LogP contribution in [0, 0.1) is 0 Å². The van der Waals surface area contributed by atoms with Gasteiger partial charge in [0, 0.05) is 9.79 Å². The largest absolute Gasteiger partial charge is 0.357 e. The number of rotatable bonds is 2. The zero-order chi connectivity index (χ0) is 13.2. The molecule has 0 saturated carbocycles. The summed E-state index contributed by atoms with van der Waals surface area (Å²) in [5.74, 6) is 0.107. The van der Waals surface area contributed by atoms with Gasteiger partial charge in [-0.3, -0.25) is 9.69 Å². The van der Waals surface area contributed by atoms with E-state index < -0.39 is 0 Å². The van der Waals surface area contributed by atoms with Crippen LogP contribution in [0.1, 0.15) is 6.42 Å². The van der Waals surface area contributed by atoms with Crippen molar-refractivity contribution in [2.45, 2.75) is 16.2 Å². The molecule has 0 unspecified atom stereocenters. The highest BCUT2D eigenvalue weighted by Crippen LogP contribution is 2.47. The lowest BCUT2D eigenvalue weighted by molar-refractivity contribution is -0.366. The maximum Gasteiger partial charge on any atom is 0.237 e. The fourth-order valence-corrected chi connectivity index (χ4v) is 3.29. The Kier molecular flexibility index (Phi) is 3.27. The molecule has 3 N–H and O–H groups in total. The highest BCUT2D eigenvalue weighted by atomic mass is 32.2. The molecule has 1 heterocycles. The third kappa shape index (κ3) is 2.13. The van der Waals surface area contributed by atoms with E-state index in [1.807, 2.05) is 41.3 Å². The van der Waals surface area contributed by atoms with Crippen molar-refractivity contribution in [3.05, 3.63) is 48.5 Å². The van der Waals surface area contributed by atoms with Crippen LogP contribution in [-0.2, 0) is 4.79 Å². The second-order valence-electron chi connectivity index (χ2n) is 4.37. The Morgan fingerprint density at radius 1 is 1.00 bits per heavy atom. The Hall–Kier alpha value is -1.78. The SMILES string of the molecule is [NH3+]CCC(=O)N1c2ccccc2Sc2ccccc21. The van der Waals surface area contributed by atoms with Gasteiger partial charge in [-0.25, -0.2) is 0 Å². The van der Waals surface area contributed by atoms with Crippen LogP contribution in [0.3, 0.4) is 0 Å². The average Bonchev–Trinajstić information content (AvgIpc) is 2.44. The topological polar surface area (TPSA) is 48.0 Å². The predicted octanol–water partition coefficient (Wildman–Crippen LogP) is 2.45. The van der Waals surface area contributed by atoms with Gasteiger partial charge in [-0.05, 0) is 24.3 Å². The molecule has 0 fully saturated rings. The molecular formula is C15H15N2OS+. The summed E-state index contributed by atoms with van der Waals surface area (Å²) in [6.07, 6.45) is 0.466. The molecule has 2 aromatic carbocycles. The number of benzene rings is 2. The molecule has 0 bridgehead atoms. The molecule has 0 aliphatic carbocycles. The third-order valence-electron chi connectivity index (χ3n) is 3.07. The van der Waals surface area contributed by atoms with Crippen LogP contribution in [0.15, 0.2) is 58.3 Å². The average molecular weight is 271 g/mol. The molecular weight excluding hydrogens is 256 g/mol. The molecule has 3 nitrogen and oxygen atoms in total. The lowest BCUT2D eigenvalue weighted by atomic mass is 10.2. The van der Waals surface area contributed by atoms with Crippen molar-refractivity contribution in [2.75, 3.05) is 11.4 Å². The van der Waals surface area contributed by atoms with Crippen molar-refractivity contribution >= 4 is 29.0 Å². The van der Waals surface area contributed by atoms with Gasteiger partial charge in [0.2, 0.25) is 5.91 Å². The molecule has 3 rings (SSSR count). The van der Waals surface area contributed by atoms with Crippen molar-refractivity contribution in [3.8, 4) is 0 Å². The first-order valence-corrected chi connectivity index (χ1v) is 7.11. The van der Waals surface area contributed by atoms with Crippen molar-refractivity contribution in [2.24, 2.45) is 0 Å². The number of hydrogen-bond donors (Lipinski definition) is 1. The van der Waals surface area contributed by atoms with Crippen LogP contribution in [0.5, 0.6) is 0 Å². The minimum atomic E-state index is 0.107. The van der Waals surface area contributed by atoms with Crippen molar-refractivity contribution in [1.29, 1.82) is 0 Å². The van der Waals surface area contributed by atoms with E-state index in [0.717, 1.165) is 21.2 Å². The van der Waals surface area contributed by atoms with Gasteiger partial charge in [-0.2, -0.15) is 0 Å². The first-order chi connectivity index (χ1) is 9.31. The molecule has 0 spiro atoms. The van der Waals surface area contributed by atoms with E-state index in [4.69, 9.17) is 0 Å². The van der Waals surface area contributed by atoms with E-state index in [0.29, 0.717) is 13.0 Å². The van der Waals surface area contributed by atoms with Gasteiger partial charge in [-0.15, -0.1) is 0 Å². The van der Waals surface area contributed by atoms with Gasteiger partial charge in [0.05, 0.1) is 24.3 Å². The van der Waals surface area contributed by atoms with Gasteiger partial charge >= 0.3 is 0 Å². The van der Waals surface area contributed by atoms with Crippen LogP contribution in [0.2, 0.25) is 0 Å². The Morgan fingerprint density at radius 3 is 2.05 bits per heavy atom. The third-order valence-corrected chi connectivity index (χ3v) is 4.20. The molecule has 0 aromatic heterocycles. The molecule has 2 aromatic rings. The zero-order valence-electron chi connectivity index (χ0n) is 10.5. The maximum atomic E-state index is 12.4. The molecule has 1 amide bonds. The van der Waals surface area contributed by atoms with E-state index >= 15 is 0 Å². The van der Waals surface area contributed by atoms with Crippen LogP contribution < -0.4 is 10.6 Å². The fourth-order valence-electron chi connectivity index (χ4n) is 2.24. The van der Waals surface area contributed by atoms with Gasteiger partial charge in [-0.1, -0.05) is 36.0 Å². The number of carbonyl (C=O) groups excluding carboxylic acids is 1. The summed E-state index contributed by atoms with van der Waals surface area (Å²) in [5, 5.41) is 0. The van der Waals surface area contributed by atoms with Crippen molar-refractivity contribution < 1.29 is 10.5 Å². The van der Waals surface area contributed by atoms with E-state index in [2.05, 4.69) is 17.9 Å². The van der Waals surface area contributed by atoms with Crippen molar-refractivity contribution in [3.63, 3.8) is 0 Å². The summed E-state index contributed by atoms with van der Waals surface area (Å²) < 4.78 is 0. The summed E-state index contributed by atoms with van der Waals surface area (Å²) in [7, 11) is 0. The Bertz CT molecular complexity index is 582. The molecule has 1 aliphatic rings. The summed E-state index contributed by atoms with van der Waals surface area (Å²) in [4.78, 5) is 16.5. The van der Waals surface area contributed by atoms with E-state index in [9.17, 15) is 4.79 Å². The monoisotopic (exact) mass is 271 g/mol. The molecule has 1 aliphatic heterocycles. The van der Waals surface area contributed by atoms with Crippen LogP contribution >= 0.6 is 11.8 Å². The van der Waals surface area contributed by atoms with Crippen LogP contribution in [0.4, 0.5) is 11.4 Å². The lowest BCUT2D eigenvalue weighted by Crippen LogP contribution is -2.52. The van der Waals surface area contributed by atoms with E-state index in [1.54, 1.807) is 11.8 Å². The second-order valence-corrected chi connectivity index (χ2v) is 5.45. The van der Waals surface area contributed by atoms with Gasteiger partial charge < -0.3 is 5.73 Å². The fraction of sp³-hybridized carbons (Fsp3) is 0.133. The summed E-state index contributed by atoms with van der Waals surface area (Å²) >= 11 is 1.71. The molecule has 19 heavy (non-hydrogen) atoms. The second kappa shape index (κ2) is 5.07. The number of quaternary nitrogens is 1. The highest BCUT2D eigenvalue weighted by molar-refractivity contribution is 7.99. The minimum absolute atomic E-state index is 0.107. The molecule has 4 heteroatoms. The molecule has 0 radical (unpaired) electrons. The van der Waals surface area contributed by atoms with E-state index in [-0.39, 0.29) is 5.91 Å². The predicted molar refractivity (Wildman–Crippen MR) is 76.5 cm³/mol. The summed E-state index contributed by atoms with van der Waals surface area (Å²) in [5.41, 5.74) is 5.73. The number of carbonyl (C=O) groups is 1. The Labute approximate surface area is 116 Å². The number of amides is 1. The van der Waals surface area contributed by atoms with Gasteiger partial charge in [0.25, 0.3) is 0 Å². The molecule has 96 valence electrons. The summed E-state index contributed by atoms with van der Waals surface area (Å²) in [6.45, 7) is 0.618. The van der Waals surface area contributed by atoms with Crippen LogP contribution in [0.25, 0.3) is 0 Å². The van der Waals surface area contributed by atoms with Gasteiger partial charge in [0.1, 0.15) is 0 Å². The Balaban J connectivity index is 2.14. The quantitative estimate of drug-likeness (QED) is 0.912. The first-order valence-electron chi connectivity index (χ1n) is 6.29. The van der Waals surface area contributed by atoms with Gasteiger partial charge in [0.15, 0.2) is 0 Å². The minimum Gasteiger partial charge on any atom is -0.357 e. The number of hydrogen-bond acceptors (Lipinski definition) is 2. The number of nitrogens with zero attached hydrogens (tertiary/aromatic N) is 1. The highest BCUT2D eigenvalue weighted by Gasteiger charge is 2.27. The standard InChI is InChI=1S/C15H14N2OS/c16-10-9-15(18)17-11-5-1-3-7-13(11)19-14-8-4-2-6-12(14)17/h1-8H,9-10,16H2/p+1. The Morgan fingerprint density at radius 2 is 1.53 bits per heavy atom. The first kappa shape index (κ1) is 12.3. The number of fused-ring (bicyclic) bond motifs is 2. The number of para-hydroxylation sites is 2. The zero-order valence-corrected chi connectivity index (χ0v) is 11.3. The number of anilines is 2. The van der Waals surface area contributed by atoms with Crippen LogP contribution in [-0.4, -0.2) is 12.5 Å². The maximum absolute atomic E-state index is 12.4. The normalized spacial score (nSPS) is 12.8. The van der Waals surface area contributed by atoms with Crippen molar-refractivity contribution in [1.82, 2.24) is 0 Å².